The molecule has 1 aromatic heterocycles. The maximum absolute atomic E-state index is 5.31. The summed E-state index contributed by atoms with van der Waals surface area (Å²) in [5.41, 5.74) is 5.31. The molecule has 0 saturated heterocycles. The predicted molar refractivity (Wildman–Crippen MR) is 38.5 cm³/mol. The number of aromatic nitrogens is 2. The summed E-state index contributed by atoms with van der Waals surface area (Å²) in [5, 5.41) is 11.6. The van der Waals surface area contributed by atoms with Crippen LogP contribution >= 0.6 is 11.3 Å². The molecular formula is C4H8N4S. The zero-order chi connectivity index (χ0) is 6.69. The van der Waals surface area contributed by atoms with Crippen LogP contribution in [0.4, 0.5) is 10.3 Å². The largest absolute Gasteiger partial charge is 0.374 e. The Labute approximate surface area is 57.1 Å². The highest BCUT2D eigenvalue weighted by molar-refractivity contribution is 7.18. The summed E-state index contributed by atoms with van der Waals surface area (Å²) in [5.74, 6) is 0. The van der Waals surface area contributed by atoms with Crippen molar-refractivity contribution < 1.29 is 0 Å². The van der Waals surface area contributed by atoms with Gasteiger partial charge in [0.1, 0.15) is 0 Å². The Bertz CT molecular complexity index is 184. The second-order valence-electron chi connectivity index (χ2n) is 1.48. The highest BCUT2D eigenvalue weighted by atomic mass is 32.1. The van der Waals surface area contributed by atoms with E-state index < -0.39 is 0 Å². The van der Waals surface area contributed by atoms with Crippen LogP contribution in [0, 0.1) is 0 Å². The van der Waals surface area contributed by atoms with Gasteiger partial charge in [0.25, 0.3) is 0 Å². The van der Waals surface area contributed by atoms with Crippen molar-refractivity contribution in [1.29, 1.82) is 0 Å². The summed E-state index contributed by atoms with van der Waals surface area (Å²) in [6.07, 6.45) is 0. The lowest BCUT2D eigenvalue weighted by atomic mass is 10.8. The van der Waals surface area contributed by atoms with Crippen LogP contribution in [0.2, 0.25) is 0 Å². The van der Waals surface area contributed by atoms with Gasteiger partial charge in [-0.3, -0.25) is 0 Å². The molecule has 4 nitrogen and oxygen atoms in total. The summed E-state index contributed by atoms with van der Waals surface area (Å²) in [4.78, 5) is 0. The minimum absolute atomic E-state index is 0.506. The standard InChI is InChI=1S/C4H8N4S/c1-2-6-4-8-7-3(5)9-4/h2H2,1H3,(H2,5,7)(H,6,8). The van der Waals surface area contributed by atoms with Crippen molar-refractivity contribution in [3.8, 4) is 0 Å². The normalized spacial score (nSPS) is 9.44. The number of hydrogen-bond donors (Lipinski definition) is 2. The molecule has 0 aliphatic heterocycles. The van der Waals surface area contributed by atoms with E-state index in [4.69, 9.17) is 5.73 Å². The number of hydrogen-bond acceptors (Lipinski definition) is 5. The first kappa shape index (κ1) is 6.28. The lowest BCUT2D eigenvalue weighted by molar-refractivity contribution is 1.07. The number of anilines is 2. The molecule has 0 saturated carbocycles. The maximum atomic E-state index is 5.31. The van der Waals surface area contributed by atoms with Crippen LogP contribution in [0.1, 0.15) is 6.92 Å². The third-order valence-electron chi connectivity index (χ3n) is 0.769. The van der Waals surface area contributed by atoms with Crippen molar-refractivity contribution in [2.45, 2.75) is 6.92 Å². The zero-order valence-electron chi connectivity index (χ0n) is 5.09. The second kappa shape index (κ2) is 2.63. The zero-order valence-corrected chi connectivity index (χ0v) is 5.90. The van der Waals surface area contributed by atoms with Crippen LogP contribution in [0.3, 0.4) is 0 Å². The van der Waals surface area contributed by atoms with Gasteiger partial charge in [-0.1, -0.05) is 11.3 Å². The molecule has 0 aliphatic rings. The lowest BCUT2D eigenvalue weighted by Crippen LogP contribution is -1.94. The smallest absolute Gasteiger partial charge is 0.207 e. The minimum Gasteiger partial charge on any atom is -0.374 e. The molecular weight excluding hydrogens is 136 g/mol. The molecule has 9 heavy (non-hydrogen) atoms. The molecule has 0 radical (unpaired) electrons. The van der Waals surface area contributed by atoms with Gasteiger partial charge in [-0.25, -0.2) is 0 Å². The van der Waals surface area contributed by atoms with Gasteiger partial charge in [-0.2, -0.15) is 0 Å². The molecule has 0 atom stereocenters. The van der Waals surface area contributed by atoms with E-state index in [9.17, 15) is 0 Å². The molecule has 1 heterocycles. The van der Waals surface area contributed by atoms with Crippen molar-refractivity contribution in [3.63, 3.8) is 0 Å². The summed E-state index contributed by atoms with van der Waals surface area (Å²) in [6.45, 7) is 2.85. The first-order valence-corrected chi connectivity index (χ1v) is 3.47. The summed E-state index contributed by atoms with van der Waals surface area (Å²) < 4.78 is 0. The highest BCUT2D eigenvalue weighted by Gasteiger charge is 1.95. The fraction of sp³-hybridized carbons (Fsp3) is 0.500. The fourth-order valence-corrected chi connectivity index (χ4v) is 1.04. The van der Waals surface area contributed by atoms with Gasteiger partial charge in [-0.15, -0.1) is 10.2 Å². The van der Waals surface area contributed by atoms with Gasteiger partial charge in [0.05, 0.1) is 0 Å². The Kier molecular flexibility index (Phi) is 1.84. The van der Waals surface area contributed by atoms with Crippen molar-refractivity contribution in [1.82, 2.24) is 10.2 Å². The average Bonchev–Trinajstić information content (AvgIpc) is 2.17. The third kappa shape index (κ3) is 1.53. The van der Waals surface area contributed by atoms with Gasteiger partial charge < -0.3 is 11.1 Å². The molecule has 0 bridgehead atoms. The van der Waals surface area contributed by atoms with Gasteiger partial charge in [0, 0.05) is 6.54 Å². The molecule has 0 aliphatic carbocycles. The molecule has 3 N–H and O–H groups in total. The number of nitrogen functional groups attached to an aromatic ring is 1. The highest BCUT2D eigenvalue weighted by Crippen LogP contribution is 2.15. The number of rotatable bonds is 2. The second-order valence-corrected chi connectivity index (χ2v) is 2.48. The Morgan fingerprint density at radius 3 is 2.89 bits per heavy atom. The topological polar surface area (TPSA) is 63.8 Å². The van der Waals surface area contributed by atoms with Crippen molar-refractivity contribution in [2.75, 3.05) is 17.6 Å². The molecule has 5 heteroatoms. The predicted octanol–water partition coefficient (Wildman–Crippen LogP) is 0.552. The van der Waals surface area contributed by atoms with Gasteiger partial charge >= 0.3 is 0 Å². The summed E-state index contributed by atoms with van der Waals surface area (Å²) >= 11 is 1.36. The minimum atomic E-state index is 0.506. The monoisotopic (exact) mass is 144 g/mol. The number of nitrogens with one attached hydrogen (secondary N) is 1. The third-order valence-corrected chi connectivity index (χ3v) is 1.48. The van der Waals surface area contributed by atoms with E-state index in [0.717, 1.165) is 11.7 Å². The molecule has 1 rings (SSSR count). The van der Waals surface area contributed by atoms with E-state index in [1.54, 1.807) is 0 Å². The van der Waals surface area contributed by atoms with E-state index in [1.807, 2.05) is 6.92 Å². The van der Waals surface area contributed by atoms with Crippen LogP contribution < -0.4 is 11.1 Å². The van der Waals surface area contributed by atoms with Crippen LogP contribution in [-0.4, -0.2) is 16.7 Å². The molecule has 0 aromatic carbocycles. The first-order valence-electron chi connectivity index (χ1n) is 2.65. The van der Waals surface area contributed by atoms with E-state index in [2.05, 4.69) is 15.5 Å². The molecule has 0 unspecified atom stereocenters. The lowest BCUT2D eigenvalue weighted by Gasteiger charge is -1.90. The number of nitrogens with zero attached hydrogens (tertiary/aromatic N) is 2. The van der Waals surface area contributed by atoms with Gasteiger partial charge in [-0.05, 0) is 6.92 Å². The van der Waals surface area contributed by atoms with E-state index in [1.165, 1.54) is 11.3 Å². The van der Waals surface area contributed by atoms with Crippen LogP contribution in [-0.2, 0) is 0 Å². The first-order chi connectivity index (χ1) is 4.33. The van der Waals surface area contributed by atoms with Crippen molar-refractivity contribution in [3.05, 3.63) is 0 Å². The molecule has 0 spiro atoms. The van der Waals surface area contributed by atoms with E-state index in [-0.39, 0.29) is 0 Å². The fourth-order valence-electron chi connectivity index (χ4n) is 0.457. The summed E-state index contributed by atoms with van der Waals surface area (Å²) in [7, 11) is 0. The Morgan fingerprint density at radius 2 is 2.44 bits per heavy atom. The average molecular weight is 144 g/mol. The number of nitrogens with two attached hydrogens (primary N) is 1. The van der Waals surface area contributed by atoms with Crippen LogP contribution in [0.15, 0.2) is 0 Å². The van der Waals surface area contributed by atoms with E-state index in [0.29, 0.717) is 5.13 Å². The summed E-state index contributed by atoms with van der Waals surface area (Å²) in [6, 6.07) is 0. The van der Waals surface area contributed by atoms with Gasteiger partial charge in [0.2, 0.25) is 10.3 Å². The molecule has 50 valence electrons. The molecule has 0 amide bonds. The van der Waals surface area contributed by atoms with E-state index >= 15 is 0 Å². The van der Waals surface area contributed by atoms with Crippen molar-refractivity contribution in [2.24, 2.45) is 0 Å². The maximum Gasteiger partial charge on any atom is 0.207 e. The Balaban J connectivity index is 2.61. The SMILES string of the molecule is CCNc1nnc(N)s1. The van der Waals surface area contributed by atoms with Gasteiger partial charge in [0.15, 0.2) is 0 Å². The molecule has 1 aromatic rings. The van der Waals surface area contributed by atoms with Crippen LogP contribution in [0.5, 0.6) is 0 Å². The van der Waals surface area contributed by atoms with Crippen LogP contribution in [0.25, 0.3) is 0 Å². The Hall–Kier alpha value is -0.840. The quantitative estimate of drug-likeness (QED) is 0.636. The van der Waals surface area contributed by atoms with Crippen molar-refractivity contribution >= 4 is 21.6 Å². The Morgan fingerprint density at radius 1 is 1.67 bits per heavy atom. The molecule has 0 fully saturated rings.